The van der Waals surface area contributed by atoms with Crippen LogP contribution < -0.4 is 5.32 Å². The van der Waals surface area contributed by atoms with Crippen LogP contribution in [0.5, 0.6) is 0 Å². The highest BCUT2D eigenvalue weighted by Crippen LogP contribution is 2.47. The molecule has 1 aromatic heterocycles. The smallest absolute Gasteiger partial charge is 0.319 e. The maximum atomic E-state index is 12.1. The number of para-hydroxylation sites is 1. The van der Waals surface area contributed by atoms with E-state index in [1.807, 2.05) is 31.2 Å². The van der Waals surface area contributed by atoms with E-state index in [2.05, 4.69) is 10.3 Å². The van der Waals surface area contributed by atoms with E-state index in [4.69, 9.17) is 5.11 Å². The molecule has 0 bridgehead atoms. The van der Waals surface area contributed by atoms with Crippen molar-refractivity contribution in [2.45, 2.75) is 19.8 Å². The van der Waals surface area contributed by atoms with Crippen molar-refractivity contribution in [2.24, 2.45) is 5.41 Å². The number of anilines is 1. The summed E-state index contributed by atoms with van der Waals surface area (Å²) >= 11 is 0. The normalized spacial score (nSPS) is 15.8. The number of fused-ring (bicyclic) bond motifs is 1. The van der Waals surface area contributed by atoms with Gasteiger partial charge in [0.05, 0.1) is 11.2 Å². The van der Waals surface area contributed by atoms with E-state index in [-0.39, 0.29) is 0 Å². The molecule has 0 radical (unpaired) electrons. The van der Waals surface area contributed by atoms with Gasteiger partial charge in [-0.25, -0.2) is 0 Å². The van der Waals surface area contributed by atoms with Crippen LogP contribution in [0, 0.1) is 12.3 Å². The van der Waals surface area contributed by atoms with Crippen molar-refractivity contribution in [2.75, 3.05) is 5.32 Å². The van der Waals surface area contributed by atoms with Gasteiger partial charge in [0.1, 0.15) is 5.41 Å². The Balaban J connectivity index is 1.97. The SMILES string of the molecule is Cc1ccc2cccc(NC(=O)C3(C(=O)O)CC3)c2n1. The number of amides is 1. The Labute approximate surface area is 115 Å². The number of hydrogen-bond donors (Lipinski definition) is 2. The van der Waals surface area contributed by atoms with Gasteiger partial charge in [-0.15, -0.1) is 0 Å². The second-order valence-electron chi connectivity index (χ2n) is 5.17. The first-order valence-corrected chi connectivity index (χ1v) is 6.44. The Kier molecular flexibility index (Phi) is 2.71. The molecule has 1 heterocycles. The standard InChI is InChI=1S/C15H14N2O3/c1-9-5-6-10-3-2-4-11(12(10)16-9)17-13(18)15(7-8-15)14(19)20/h2-6H,7-8H2,1H3,(H,17,18)(H,19,20). The summed E-state index contributed by atoms with van der Waals surface area (Å²) in [5, 5.41) is 12.8. The average molecular weight is 270 g/mol. The molecule has 3 rings (SSSR count). The summed E-state index contributed by atoms with van der Waals surface area (Å²) in [4.78, 5) is 27.7. The molecule has 2 aromatic rings. The van der Waals surface area contributed by atoms with Crippen molar-refractivity contribution in [3.05, 3.63) is 36.0 Å². The molecule has 1 aliphatic rings. The van der Waals surface area contributed by atoms with E-state index in [9.17, 15) is 9.59 Å². The molecule has 5 nitrogen and oxygen atoms in total. The molecule has 5 heteroatoms. The lowest BCUT2D eigenvalue weighted by molar-refractivity contribution is -0.147. The van der Waals surface area contributed by atoms with Gasteiger partial charge in [-0.2, -0.15) is 0 Å². The Morgan fingerprint density at radius 3 is 2.65 bits per heavy atom. The zero-order valence-corrected chi connectivity index (χ0v) is 11.0. The first-order valence-electron chi connectivity index (χ1n) is 6.44. The van der Waals surface area contributed by atoms with Gasteiger partial charge in [-0.3, -0.25) is 14.6 Å². The van der Waals surface area contributed by atoms with E-state index >= 15 is 0 Å². The predicted molar refractivity (Wildman–Crippen MR) is 74.4 cm³/mol. The van der Waals surface area contributed by atoms with Gasteiger partial charge in [0.2, 0.25) is 5.91 Å². The predicted octanol–water partition coefficient (Wildman–Crippen LogP) is 2.35. The molecule has 20 heavy (non-hydrogen) atoms. The number of nitrogens with one attached hydrogen (secondary N) is 1. The number of aliphatic carboxylic acids is 1. The molecule has 0 aliphatic heterocycles. The molecule has 0 unspecified atom stereocenters. The first kappa shape index (κ1) is 12.6. The van der Waals surface area contributed by atoms with E-state index in [0.29, 0.717) is 24.0 Å². The van der Waals surface area contributed by atoms with Crippen LogP contribution in [0.3, 0.4) is 0 Å². The number of aryl methyl sites for hydroxylation is 1. The lowest BCUT2D eigenvalue weighted by Gasteiger charge is -2.12. The molecule has 1 saturated carbocycles. The fraction of sp³-hybridized carbons (Fsp3) is 0.267. The van der Waals surface area contributed by atoms with Gasteiger partial charge in [0.25, 0.3) is 0 Å². The number of aromatic nitrogens is 1. The van der Waals surface area contributed by atoms with Gasteiger partial charge >= 0.3 is 5.97 Å². The van der Waals surface area contributed by atoms with Crippen molar-refractivity contribution in [1.82, 2.24) is 4.98 Å². The minimum atomic E-state index is -1.24. The quantitative estimate of drug-likeness (QED) is 0.839. The second-order valence-corrected chi connectivity index (χ2v) is 5.17. The number of rotatable bonds is 3. The molecule has 102 valence electrons. The van der Waals surface area contributed by atoms with E-state index in [0.717, 1.165) is 11.1 Å². The highest BCUT2D eigenvalue weighted by Gasteiger charge is 2.57. The number of hydrogen-bond acceptors (Lipinski definition) is 3. The zero-order chi connectivity index (χ0) is 14.3. The third-order valence-electron chi connectivity index (χ3n) is 3.70. The summed E-state index contributed by atoms with van der Waals surface area (Å²) in [6.07, 6.45) is 0.788. The van der Waals surface area contributed by atoms with Crippen molar-refractivity contribution in [1.29, 1.82) is 0 Å². The number of carboxylic acids is 1. The highest BCUT2D eigenvalue weighted by atomic mass is 16.4. The minimum absolute atomic E-state index is 0.394. The zero-order valence-electron chi connectivity index (χ0n) is 11.0. The molecule has 2 N–H and O–H groups in total. The highest BCUT2D eigenvalue weighted by molar-refractivity contribution is 6.12. The van der Waals surface area contributed by atoms with E-state index < -0.39 is 17.3 Å². The van der Waals surface area contributed by atoms with Crippen LogP contribution >= 0.6 is 0 Å². The summed E-state index contributed by atoms with van der Waals surface area (Å²) in [6, 6.07) is 9.28. The Hall–Kier alpha value is -2.43. The molecule has 0 spiro atoms. The monoisotopic (exact) mass is 270 g/mol. The largest absolute Gasteiger partial charge is 0.480 e. The topological polar surface area (TPSA) is 79.3 Å². The van der Waals surface area contributed by atoms with Crippen LogP contribution in [-0.2, 0) is 9.59 Å². The van der Waals surface area contributed by atoms with E-state index in [1.54, 1.807) is 6.07 Å². The molecular formula is C15H14N2O3. The van der Waals surface area contributed by atoms with Gasteiger partial charge in [-0.1, -0.05) is 18.2 Å². The molecule has 1 fully saturated rings. The van der Waals surface area contributed by atoms with Gasteiger partial charge in [0, 0.05) is 11.1 Å². The number of nitrogens with zero attached hydrogens (tertiary/aromatic N) is 1. The van der Waals surface area contributed by atoms with Crippen LogP contribution in [0.25, 0.3) is 10.9 Å². The maximum Gasteiger partial charge on any atom is 0.319 e. The lowest BCUT2D eigenvalue weighted by atomic mass is 10.1. The average Bonchev–Trinajstić information content (AvgIpc) is 3.21. The summed E-state index contributed by atoms with van der Waals surface area (Å²) in [5.41, 5.74) is 0.843. The number of benzene rings is 1. The molecule has 1 amide bonds. The molecular weight excluding hydrogens is 256 g/mol. The Bertz CT molecular complexity index is 720. The van der Waals surface area contributed by atoms with Crippen LogP contribution in [0.1, 0.15) is 18.5 Å². The summed E-state index contributed by atoms with van der Waals surface area (Å²) < 4.78 is 0. The minimum Gasteiger partial charge on any atom is -0.480 e. The molecule has 1 aromatic carbocycles. The second kappa shape index (κ2) is 4.30. The Morgan fingerprint density at radius 1 is 1.25 bits per heavy atom. The maximum absolute atomic E-state index is 12.1. The fourth-order valence-corrected chi connectivity index (χ4v) is 2.25. The summed E-state index contributed by atoms with van der Waals surface area (Å²) in [6.45, 7) is 1.87. The number of pyridine rings is 1. The first-order chi connectivity index (χ1) is 9.53. The van der Waals surface area contributed by atoms with Crippen molar-refractivity contribution < 1.29 is 14.7 Å². The third kappa shape index (κ3) is 1.91. The van der Waals surface area contributed by atoms with Gasteiger partial charge < -0.3 is 10.4 Å². The summed E-state index contributed by atoms with van der Waals surface area (Å²) in [7, 11) is 0. The van der Waals surface area contributed by atoms with E-state index in [1.165, 1.54) is 0 Å². The van der Waals surface area contributed by atoms with Crippen LogP contribution in [0.15, 0.2) is 30.3 Å². The summed E-state index contributed by atoms with van der Waals surface area (Å²) in [5.74, 6) is -1.51. The Morgan fingerprint density at radius 2 is 2.00 bits per heavy atom. The van der Waals surface area contributed by atoms with Crippen LogP contribution in [0.2, 0.25) is 0 Å². The lowest BCUT2D eigenvalue weighted by Crippen LogP contribution is -2.31. The van der Waals surface area contributed by atoms with Crippen molar-refractivity contribution >= 4 is 28.5 Å². The third-order valence-corrected chi connectivity index (χ3v) is 3.70. The van der Waals surface area contributed by atoms with Crippen LogP contribution in [-0.4, -0.2) is 22.0 Å². The van der Waals surface area contributed by atoms with Crippen molar-refractivity contribution in [3.8, 4) is 0 Å². The molecule has 1 aliphatic carbocycles. The fourth-order valence-electron chi connectivity index (χ4n) is 2.25. The molecule has 0 saturated heterocycles. The number of carboxylic acid groups (broad SMARTS) is 1. The van der Waals surface area contributed by atoms with Crippen LogP contribution in [0.4, 0.5) is 5.69 Å². The molecule has 0 atom stereocenters. The van der Waals surface area contributed by atoms with Gasteiger partial charge in [0.15, 0.2) is 0 Å². The number of carbonyl (C=O) groups is 2. The van der Waals surface area contributed by atoms with Crippen molar-refractivity contribution in [3.63, 3.8) is 0 Å². The van der Waals surface area contributed by atoms with Gasteiger partial charge in [-0.05, 0) is 31.9 Å². The number of carbonyl (C=O) groups excluding carboxylic acids is 1.